The Bertz CT molecular complexity index is 2080. The van der Waals surface area contributed by atoms with E-state index in [9.17, 15) is 18.8 Å². The van der Waals surface area contributed by atoms with Gasteiger partial charge in [-0.3, -0.25) is 23.3 Å². The Morgan fingerprint density at radius 2 is 1.68 bits per heavy atom. The van der Waals surface area contributed by atoms with Gasteiger partial charge in [0, 0.05) is 19.8 Å². The summed E-state index contributed by atoms with van der Waals surface area (Å²) in [6.45, 7) is 1.73. The second kappa shape index (κ2) is 9.73. The number of rotatable bonds is 4. The van der Waals surface area contributed by atoms with E-state index < -0.39 is 17.8 Å². The molecule has 3 aromatic carbocycles. The molecule has 10 heteroatoms. The molecule has 0 bridgehead atoms. The van der Waals surface area contributed by atoms with E-state index in [2.05, 4.69) is 10.3 Å². The average Bonchev–Trinajstić information content (AvgIpc) is 3.36. The van der Waals surface area contributed by atoms with Crippen LogP contribution in [-0.2, 0) is 18.9 Å². The lowest BCUT2D eigenvalue weighted by Crippen LogP contribution is -2.40. The van der Waals surface area contributed by atoms with Crippen molar-refractivity contribution in [1.29, 1.82) is 0 Å². The fraction of sp³-hybridized carbons (Fsp3) is 0.133. The molecular formula is C30H24FN5O3S. The predicted molar refractivity (Wildman–Crippen MR) is 153 cm³/mol. The molecule has 0 radical (unpaired) electrons. The third-order valence-corrected chi connectivity index (χ3v) is 8.06. The minimum absolute atomic E-state index is 0.136. The molecule has 0 aliphatic carbocycles. The maximum atomic E-state index is 13.9. The number of aryl methyl sites for hydroxylation is 2. The summed E-state index contributed by atoms with van der Waals surface area (Å²) >= 11 is 1.21. The fourth-order valence-corrected chi connectivity index (χ4v) is 6.10. The van der Waals surface area contributed by atoms with Crippen LogP contribution in [0.4, 0.5) is 10.1 Å². The molecule has 0 spiro atoms. The highest BCUT2D eigenvalue weighted by molar-refractivity contribution is 7.07. The van der Waals surface area contributed by atoms with Crippen LogP contribution in [0.1, 0.15) is 24.1 Å². The van der Waals surface area contributed by atoms with Crippen molar-refractivity contribution >= 4 is 40.0 Å². The van der Waals surface area contributed by atoms with Gasteiger partial charge in [-0.2, -0.15) is 0 Å². The lowest BCUT2D eigenvalue weighted by molar-refractivity contribution is -0.113. The van der Waals surface area contributed by atoms with E-state index in [1.54, 1.807) is 60.5 Å². The molecule has 0 saturated carbocycles. The van der Waals surface area contributed by atoms with Gasteiger partial charge in [-0.25, -0.2) is 14.2 Å². The molecular weight excluding hydrogens is 529 g/mol. The summed E-state index contributed by atoms with van der Waals surface area (Å²) < 4.78 is 18.9. The van der Waals surface area contributed by atoms with E-state index in [0.29, 0.717) is 31.9 Å². The number of hydrogen-bond donors (Lipinski definition) is 1. The first-order valence-corrected chi connectivity index (χ1v) is 13.3. The Kier molecular flexibility index (Phi) is 6.19. The molecule has 200 valence electrons. The second-order valence-electron chi connectivity index (χ2n) is 9.60. The Morgan fingerprint density at radius 1 is 0.975 bits per heavy atom. The van der Waals surface area contributed by atoms with Gasteiger partial charge in [-0.1, -0.05) is 47.7 Å². The summed E-state index contributed by atoms with van der Waals surface area (Å²) in [5.74, 6) is -0.815. The number of nitrogens with one attached hydrogen (secondary N) is 1. The number of halogens is 1. The van der Waals surface area contributed by atoms with Gasteiger partial charge >= 0.3 is 5.69 Å². The van der Waals surface area contributed by atoms with Gasteiger partial charge < -0.3 is 5.32 Å². The zero-order chi connectivity index (χ0) is 28.1. The first kappa shape index (κ1) is 25.4. The van der Waals surface area contributed by atoms with Gasteiger partial charge in [-0.05, 0) is 60.5 Å². The smallest absolute Gasteiger partial charge is 0.322 e. The van der Waals surface area contributed by atoms with E-state index in [4.69, 9.17) is 0 Å². The van der Waals surface area contributed by atoms with Gasteiger partial charge in [0.2, 0.25) is 0 Å². The van der Waals surface area contributed by atoms with Gasteiger partial charge in [0.15, 0.2) is 4.80 Å². The average molecular weight is 554 g/mol. The molecule has 1 aliphatic heterocycles. The molecule has 1 amide bonds. The summed E-state index contributed by atoms with van der Waals surface area (Å²) in [6, 6.07) is 19.5. The summed E-state index contributed by atoms with van der Waals surface area (Å²) in [5, 5.41) is 2.90. The molecule has 1 atom stereocenters. The summed E-state index contributed by atoms with van der Waals surface area (Å²) in [6.07, 6.45) is 1.76. The van der Waals surface area contributed by atoms with Crippen LogP contribution >= 0.6 is 11.3 Å². The largest absolute Gasteiger partial charge is 0.328 e. The number of nitrogens with zero attached hydrogens (tertiary/aromatic N) is 4. The van der Waals surface area contributed by atoms with Crippen LogP contribution in [0.25, 0.3) is 17.1 Å². The second-order valence-corrected chi connectivity index (χ2v) is 10.6. The minimum atomic E-state index is -0.805. The zero-order valence-electron chi connectivity index (χ0n) is 21.9. The first-order valence-electron chi connectivity index (χ1n) is 12.5. The molecule has 1 N–H and O–H groups in total. The predicted octanol–water partition coefficient (Wildman–Crippen LogP) is 3.20. The molecule has 2 aromatic heterocycles. The summed E-state index contributed by atoms with van der Waals surface area (Å²) in [5.41, 5.74) is 3.78. The molecule has 8 nitrogen and oxygen atoms in total. The van der Waals surface area contributed by atoms with Crippen molar-refractivity contribution in [1.82, 2.24) is 13.7 Å². The van der Waals surface area contributed by atoms with Crippen molar-refractivity contribution in [2.24, 2.45) is 19.1 Å². The molecule has 3 heterocycles. The number of carbonyl (C=O) groups excluding carboxylic acids is 1. The SMILES string of the molecule is CC1=C(C(=O)Nc2ccccc2)[C@H](c2ccc(F)cc2)n2c(s/c(=C/c3ccc4c(c3)n(C)c(=O)n4C)c2=O)=N1. The molecule has 0 saturated heterocycles. The van der Waals surface area contributed by atoms with Crippen LogP contribution in [0.3, 0.4) is 0 Å². The third-order valence-electron chi connectivity index (χ3n) is 7.08. The number of aromatic nitrogens is 3. The number of carbonyl (C=O) groups is 1. The van der Waals surface area contributed by atoms with Gasteiger partial charge in [0.1, 0.15) is 5.82 Å². The van der Waals surface area contributed by atoms with E-state index in [0.717, 1.165) is 16.6 Å². The van der Waals surface area contributed by atoms with Crippen LogP contribution in [0.15, 0.2) is 98.6 Å². The van der Waals surface area contributed by atoms with Crippen molar-refractivity contribution in [2.45, 2.75) is 13.0 Å². The first-order chi connectivity index (χ1) is 19.2. The normalized spacial score (nSPS) is 15.3. The number of para-hydroxylation sites is 1. The van der Waals surface area contributed by atoms with Crippen LogP contribution in [0.5, 0.6) is 0 Å². The highest BCUT2D eigenvalue weighted by atomic mass is 32.1. The number of thiazole rings is 1. The van der Waals surface area contributed by atoms with Gasteiger partial charge in [0.05, 0.1) is 32.9 Å². The van der Waals surface area contributed by atoms with E-state index in [-0.39, 0.29) is 11.2 Å². The molecule has 1 aliphatic rings. The third kappa shape index (κ3) is 4.22. The van der Waals surface area contributed by atoms with Crippen LogP contribution in [0, 0.1) is 5.82 Å². The number of fused-ring (bicyclic) bond motifs is 2. The summed E-state index contributed by atoms with van der Waals surface area (Å²) in [4.78, 5) is 44.9. The lowest BCUT2D eigenvalue weighted by atomic mass is 9.95. The Labute approximate surface area is 231 Å². The highest BCUT2D eigenvalue weighted by Gasteiger charge is 2.32. The van der Waals surface area contributed by atoms with Gasteiger partial charge in [-0.15, -0.1) is 0 Å². The quantitative estimate of drug-likeness (QED) is 0.371. The highest BCUT2D eigenvalue weighted by Crippen LogP contribution is 2.31. The maximum Gasteiger partial charge on any atom is 0.328 e. The minimum Gasteiger partial charge on any atom is -0.322 e. The van der Waals surface area contributed by atoms with Crippen molar-refractivity contribution in [3.05, 3.63) is 131 Å². The number of hydrogen-bond acceptors (Lipinski definition) is 5. The topological polar surface area (TPSA) is 90.4 Å². The summed E-state index contributed by atoms with van der Waals surface area (Å²) in [7, 11) is 3.42. The molecule has 0 unspecified atom stereocenters. The zero-order valence-corrected chi connectivity index (χ0v) is 22.7. The van der Waals surface area contributed by atoms with Crippen molar-refractivity contribution in [3.8, 4) is 0 Å². The van der Waals surface area contributed by atoms with Crippen molar-refractivity contribution in [2.75, 3.05) is 5.32 Å². The molecule has 6 rings (SSSR count). The Hall–Kier alpha value is -4.83. The van der Waals surface area contributed by atoms with E-state index in [1.165, 1.54) is 28.0 Å². The van der Waals surface area contributed by atoms with Crippen LogP contribution in [-0.4, -0.2) is 19.6 Å². The van der Waals surface area contributed by atoms with E-state index >= 15 is 0 Å². The van der Waals surface area contributed by atoms with Crippen molar-refractivity contribution in [3.63, 3.8) is 0 Å². The van der Waals surface area contributed by atoms with Crippen LogP contribution < -0.4 is 25.9 Å². The number of amides is 1. The number of anilines is 1. The van der Waals surface area contributed by atoms with Crippen LogP contribution in [0.2, 0.25) is 0 Å². The van der Waals surface area contributed by atoms with Crippen molar-refractivity contribution < 1.29 is 9.18 Å². The Balaban J connectivity index is 1.51. The number of imidazole rings is 1. The molecule has 0 fully saturated rings. The lowest BCUT2D eigenvalue weighted by Gasteiger charge is -2.25. The number of allylic oxidation sites excluding steroid dienone is 1. The molecule has 40 heavy (non-hydrogen) atoms. The maximum absolute atomic E-state index is 13.9. The number of benzene rings is 3. The standard InChI is InChI=1S/C30H24FN5O3S/c1-17-25(27(37)33-21-7-5-4-6-8-21)26(19-10-12-20(31)13-11-19)36-28(38)24(40-29(36)32-17)16-18-9-14-22-23(15-18)35(3)30(39)34(22)2/h4-16,26H,1-3H3,(H,33,37)/b24-16+/t26-/m0/s1. The fourth-order valence-electron chi connectivity index (χ4n) is 5.06. The van der Waals surface area contributed by atoms with E-state index in [1.807, 2.05) is 36.4 Å². The Morgan fingerprint density at radius 3 is 2.40 bits per heavy atom. The monoisotopic (exact) mass is 553 g/mol. The molecule has 5 aromatic rings. The van der Waals surface area contributed by atoms with Gasteiger partial charge in [0.25, 0.3) is 11.5 Å².